The van der Waals surface area contributed by atoms with Crippen LogP contribution in [0.15, 0.2) is 18.2 Å². The number of nitrogens with one attached hydrogen (secondary N) is 2. The quantitative estimate of drug-likeness (QED) is 0.813. The number of piperidine rings is 1. The van der Waals surface area contributed by atoms with Crippen molar-refractivity contribution in [1.82, 2.24) is 5.32 Å². The fourth-order valence-corrected chi connectivity index (χ4v) is 2.07. The van der Waals surface area contributed by atoms with E-state index in [1.165, 1.54) is 12.1 Å². The molecule has 0 aromatic heterocycles. The lowest BCUT2D eigenvalue weighted by Gasteiger charge is -2.24. The van der Waals surface area contributed by atoms with Crippen LogP contribution in [0.1, 0.15) is 12.8 Å². The molecule has 4 heteroatoms. The van der Waals surface area contributed by atoms with Crippen LogP contribution >= 0.6 is 11.6 Å². The third-order valence-corrected chi connectivity index (χ3v) is 2.75. The Morgan fingerprint density at radius 1 is 1.40 bits per heavy atom. The molecule has 0 spiro atoms. The van der Waals surface area contributed by atoms with Crippen molar-refractivity contribution in [3.8, 4) is 0 Å². The summed E-state index contributed by atoms with van der Waals surface area (Å²) >= 11 is 5.77. The maximum absolute atomic E-state index is 13.0. The summed E-state index contributed by atoms with van der Waals surface area (Å²) in [5.41, 5.74) is 0.758. The summed E-state index contributed by atoms with van der Waals surface area (Å²) in [5, 5.41) is 7.00. The summed E-state index contributed by atoms with van der Waals surface area (Å²) in [4.78, 5) is 0. The predicted octanol–water partition coefficient (Wildman–Crippen LogP) is 2.64. The first-order valence-electron chi connectivity index (χ1n) is 5.17. The largest absolute Gasteiger partial charge is 0.381 e. The van der Waals surface area contributed by atoms with Crippen LogP contribution in [0.5, 0.6) is 0 Å². The molecule has 2 rings (SSSR count). The molecule has 82 valence electrons. The van der Waals surface area contributed by atoms with Crippen LogP contribution in [0.25, 0.3) is 0 Å². The zero-order chi connectivity index (χ0) is 10.7. The molecule has 1 aliphatic rings. The lowest BCUT2D eigenvalue weighted by molar-refractivity contribution is 0.479. The highest BCUT2D eigenvalue weighted by atomic mass is 35.5. The summed E-state index contributed by atoms with van der Waals surface area (Å²) in [6.45, 7) is 2.00. The maximum Gasteiger partial charge on any atom is 0.126 e. The number of hydrogen-bond donors (Lipinski definition) is 2. The van der Waals surface area contributed by atoms with Gasteiger partial charge in [-0.05, 0) is 37.6 Å². The smallest absolute Gasteiger partial charge is 0.126 e. The molecule has 1 fully saturated rings. The molecule has 1 aromatic rings. The Morgan fingerprint density at radius 3 is 2.93 bits per heavy atom. The molecule has 2 N–H and O–H groups in total. The molecule has 1 heterocycles. The molecule has 1 aliphatic heterocycles. The molecule has 0 radical (unpaired) electrons. The van der Waals surface area contributed by atoms with E-state index >= 15 is 0 Å². The summed E-state index contributed by atoms with van der Waals surface area (Å²) in [7, 11) is 0. The van der Waals surface area contributed by atoms with Gasteiger partial charge >= 0.3 is 0 Å². The molecule has 1 atom stereocenters. The van der Waals surface area contributed by atoms with E-state index in [1.54, 1.807) is 6.07 Å². The van der Waals surface area contributed by atoms with Gasteiger partial charge in [-0.1, -0.05) is 11.6 Å². The van der Waals surface area contributed by atoms with Crippen LogP contribution < -0.4 is 10.6 Å². The number of rotatable bonds is 2. The van der Waals surface area contributed by atoms with Crippen molar-refractivity contribution in [2.75, 3.05) is 18.4 Å². The summed E-state index contributed by atoms with van der Waals surface area (Å²) in [5.74, 6) is -0.297. The van der Waals surface area contributed by atoms with Crippen molar-refractivity contribution in [3.63, 3.8) is 0 Å². The Morgan fingerprint density at radius 2 is 2.27 bits per heavy atom. The monoisotopic (exact) mass is 228 g/mol. The molecule has 1 saturated heterocycles. The van der Waals surface area contributed by atoms with Gasteiger partial charge in [0.1, 0.15) is 5.82 Å². The first-order chi connectivity index (χ1) is 7.24. The maximum atomic E-state index is 13.0. The zero-order valence-corrected chi connectivity index (χ0v) is 9.15. The Balaban J connectivity index is 2.02. The van der Waals surface area contributed by atoms with Crippen molar-refractivity contribution in [1.29, 1.82) is 0 Å². The Labute approximate surface area is 93.8 Å². The summed E-state index contributed by atoms with van der Waals surface area (Å²) in [6, 6.07) is 4.91. The molecule has 0 bridgehead atoms. The van der Waals surface area contributed by atoms with Crippen LogP contribution in [0.3, 0.4) is 0 Å². The molecule has 0 amide bonds. The normalized spacial score (nSPS) is 21.3. The molecule has 1 aromatic carbocycles. The van der Waals surface area contributed by atoms with Gasteiger partial charge < -0.3 is 10.6 Å². The van der Waals surface area contributed by atoms with Crippen LogP contribution in [0.2, 0.25) is 5.02 Å². The van der Waals surface area contributed by atoms with Gasteiger partial charge in [-0.25, -0.2) is 4.39 Å². The van der Waals surface area contributed by atoms with Crippen LogP contribution in [0.4, 0.5) is 10.1 Å². The second-order valence-electron chi connectivity index (χ2n) is 3.85. The van der Waals surface area contributed by atoms with Gasteiger partial charge in [0.15, 0.2) is 0 Å². The first kappa shape index (κ1) is 10.7. The fraction of sp³-hybridized carbons (Fsp3) is 0.455. The second-order valence-corrected chi connectivity index (χ2v) is 4.28. The van der Waals surface area contributed by atoms with Crippen LogP contribution in [-0.2, 0) is 0 Å². The minimum atomic E-state index is -0.297. The van der Waals surface area contributed by atoms with Gasteiger partial charge in [0.2, 0.25) is 0 Å². The molecule has 1 unspecified atom stereocenters. The van der Waals surface area contributed by atoms with Gasteiger partial charge in [0, 0.05) is 23.3 Å². The Bertz CT molecular complexity index is 317. The fourth-order valence-electron chi connectivity index (χ4n) is 1.85. The first-order valence-corrected chi connectivity index (χ1v) is 5.55. The van der Waals surface area contributed by atoms with Gasteiger partial charge in [-0.3, -0.25) is 0 Å². The average molecular weight is 229 g/mol. The van der Waals surface area contributed by atoms with Crippen molar-refractivity contribution >= 4 is 17.3 Å². The predicted molar refractivity (Wildman–Crippen MR) is 60.9 cm³/mol. The lowest BCUT2D eigenvalue weighted by atomic mass is 10.1. The molecular weight excluding hydrogens is 215 g/mol. The zero-order valence-electron chi connectivity index (χ0n) is 8.39. The van der Waals surface area contributed by atoms with Crippen molar-refractivity contribution in [2.24, 2.45) is 0 Å². The molecule has 0 saturated carbocycles. The molecule has 0 aliphatic carbocycles. The van der Waals surface area contributed by atoms with Gasteiger partial charge in [0.05, 0.1) is 0 Å². The second kappa shape index (κ2) is 4.81. The van der Waals surface area contributed by atoms with E-state index in [1.807, 2.05) is 0 Å². The van der Waals surface area contributed by atoms with Gasteiger partial charge in [0.25, 0.3) is 0 Å². The molecular formula is C11H14ClFN2. The SMILES string of the molecule is Fc1cc(Cl)cc(NC2CCCNC2)c1. The third kappa shape index (κ3) is 3.08. The van der Waals surface area contributed by atoms with Crippen molar-refractivity contribution in [2.45, 2.75) is 18.9 Å². The van der Waals surface area contributed by atoms with E-state index in [0.717, 1.165) is 31.6 Å². The van der Waals surface area contributed by atoms with Gasteiger partial charge in [-0.2, -0.15) is 0 Å². The third-order valence-electron chi connectivity index (χ3n) is 2.53. The highest BCUT2D eigenvalue weighted by Gasteiger charge is 2.12. The average Bonchev–Trinajstić information content (AvgIpc) is 2.17. The van der Waals surface area contributed by atoms with Gasteiger partial charge in [-0.15, -0.1) is 0 Å². The summed E-state index contributed by atoms with van der Waals surface area (Å²) in [6.07, 6.45) is 2.27. The van der Waals surface area contributed by atoms with Crippen molar-refractivity contribution < 1.29 is 4.39 Å². The lowest BCUT2D eigenvalue weighted by Crippen LogP contribution is -2.38. The van der Waals surface area contributed by atoms with E-state index < -0.39 is 0 Å². The highest BCUT2D eigenvalue weighted by Crippen LogP contribution is 2.19. The van der Waals surface area contributed by atoms with E-state index in [-0.39, 0.29) is 5.82 Å². The highest BCUT2D eigenvalue weighted by molar-refractivity contribution is 6.30. The van der Waals surface area contributed by atoms with E-state index in [2.05, 4.69) is 10.6 Å². The van der Waals surface area contributed by atoms with E-state index in [9.17, 15) is 4.39 Å². The standard InChI is InChI=1S/C11H14ClFN2/c12-8-4-9(13)6-11(5-8)15-10-2-1-3-14-7-10/h4-6,10,14-15H,1-3,7H2. The molecule has 2 nitrogen and oxygen atoms in total. The number of hydrogen-bond acceptors (Lipinski definition) is 2. The summed E-state index contributed by atoms with van der Waals surface area (Å²) < 4.78 is 13.0. The Kier molecular flexibility index (Phi) is 3.44. The van der Waals surface area contributed by atoms with Crippen LogP contribution in [-0.4, -0.2) is 19.1 Å². The number of benzene rings is 1. The van der Waals surface area contributed by atoms with Crippen LogP contribution in [0, 0.1) is 5.82 Å². The van der Waals surface area contributed by atoms with Crippen molar-refractivity contribution in [3.05, 3.63) is 29.0 Å². The van der Waals surface area contributed by atoms with E-state index in [0.29, 0.717) is 11.1 Å². The molecule has 15 heavy (non-hydrogen) atoms. The minimum absolute atomic E-state index is 0.297. The van der Waals surface area contributed by atoms with E-state index in [4.69, 9.17) is 11.6 Å². The Hall–Kier alpha value is -0.800. The minimum Gasteiger partial charge on any atom is -0.381 e. The number of anilines is 1. The topological polar surface area (TPSA) is 24.1 Å². The number of halogens is 2.